The number of likely N-dealkylation sites (tertiary alicyclic amines) is 1. The molecule has 3 aromatic rings. The van der Waals surface area contributed by atoms with E-state index in [1.54, 1.807) is 0 Å². The molecule has 1 saturated heterocycles. The van der Waals surface area contributed by atoms with Gasteiger partial charge in [0.2, 0.25) is 0 Å². The quantitative estimate of drug-likeness (QED) is 0.268. The summed E-state index contributed by atoms with van der Waals surface area (Å²) < 4.78 is 12.0. The number of piperidine rings is 1. The summed E-state index contributed by atoms with van der Waals surface area (Å²) in [5, 5.41) is 2.21. The second-order valence-electron chi connectivity index (χ2n) is 12.2. The molecule has 0 radical (unpaired) electrons. The minimum atomic E-state index is -0.402. The Hall–Kier alpha value is -3.22. The Balaban J connectivity index is 1.56. The normalized spacial score (nSPS) is 25.0. The Kier molecular flexibility index (Phi) is 8.03. The first kappa shape index (κ1) is 28.3. The van der Waals surface area contributed by atoms with Gasteiger partial charge in [-0.15, -0.1) is 0 Å². The molecular formula is C34H42N2O4. The van der Waals surface area contributed by atoms with Crippen molar-refractivity contribution in [2.24, 2.45) is 5.92 Å². The molecule has 0 N–H and O–H groups in total. The predicted octanol–water partition coefficient (Wildman–Crippen LogP) is 6.07. The number of benzene rings is 3. The van der Waals surface area contributed by atoms with Crippen LogP contribution in [0.5, 0.6) is 5.75 Å². The van der Waals surface area contributed by atoms with Crippen LogP contribution in [0.3, 0.4) is 0 Å². The summed E-state index contributed by atoms with van der Waals surface area (Å²) in [5.41, 5.74) is 1.12. The summed E-state index contributed by atoms with van der Waals surface area (Å²) >= 11 is 0. The Labute approximate surface area is 238 Å². The maximum Gasteiger partial charge on any atom is 0.308 e. The van der Waals surface area contributed by atoms with Crippen LogP contribution in [0.1, 0.15) is 62.4 Å². The molecule has 1 heterocycles. The number of hydrogen-bond acceptors (Lipinski definition) is 5. The first-order valence-electron chi connectivity index (χ1n) is 14.5. The summed E-state index contributed by atoms with van der Waals surface area (Å²) in [6.07, 6.45) is 3.41. The number of amides is 1. The van der Waals surface area contributed by atoms with E-state index in [0.717, 1.165) is 60.7 Å². The van der Waals surface area contributed by atoms with Crippen molar-refractivity contribution in [1.29, 1.82) is 0 Å². The minimum absolute atomic E-state index is 0.0606. The average Bonchev–Trinajstić information content (AvgIpc) is 2.94. The van der Waals surface area contributed by atoms with Crippen LogP contribution in [0.25, 0.3) is 10.8 Å². The monoisotopic (exact) mass is 542 g/mol. The molecule has 3 aromatic carbocycles. The van der Waals surface area contributed by atoms with E-state index >= 15 is 0 Å². The zero-order valence-electron chi connectivity index (χ0n) is 24.5. The van der Waals surface area contributed by atoms with E-state index in [-0.39, 0.29) is 23.3 Å². The number of esters is 1. The van der Waals surface area contributed by atoms with Crippen LogP contribution in [-0.2, 0) is 14.9 Å². The van der Waals surface area contributed by atoms with Gasteiger partial charge in [0.25, 0.3) is 5.91 Å². The fourth-order valence-electron chi connectivity index (χ4n) is 7.24. The van der Waals surface area contributed by atoms with Crippen molar-refractivity contribution in [2.45, 2.75) is 63.5 Å². The van der Waals surface area contributed by atoms with Gasteiger partial charge in [0.15, 0.2) is 0 Å². The van der Waals surface area contributed by atoms with Crippen LogP contribution >= 0.6 is 0 Å². The van der Waals surface area contributed by atoms with E-state index in [0.29, 0.717) is 18.2 Å². The molecular weight excluding hydrogens is 500 g/mol. The maximum absolute atomic E-state index is 14.2. The highest BCUT2D eigenvalue weighted by Gasteiger charge is 2.59. The summed E-state index contributed by atoms with van der Waals surface area (Å²) in [6.45, 7) is 8.22. The summed E-state index contributed by atoms with van der Waals surface area (Å²) in [4.78, 5) is 30.5. The molecule has 40 heavy (non-hydrogen) atoms. The van der Waals surface area contributed by atoms with Crippen molar-refractivity contribution in [3.8, 4) is 5.75 Å². The number of nitrogens with zero attached hydrogens (tertiary/aromatic N) is 2. The van der Waals surface area contributed by atoms with E-state index in [2.05, 4.69) is 48.9 Å². The van der Waals surface area contributed by atoms with Crippen molar-refractivity contribution >= 4 is 22.6 Å². The molecule has 5 rings (SSSR count). The highest BCUT2D eigenvalue weighted by atomic mass is 16.5. The van der Waals surface area contributed by atoms with Gasteiger partial charge in [-0.05, 0) is 85.8 Å². The fourth-order valence-corrected chi connectivity index (χ4v) is 7.24. The lowest BCUT2D eigenvalue weighted by molar-refractivity contribution is -0.150. The molecule has 2 aliphatic rings. The second kappa shape index (κ2) is 11.3. The molecule has 1 amide bonds. The summed E-state index contributed by atoms with van der Waals surface area (Å²) in [6, 6.07) is 22.2. The van der Waals surface area contributed by atoms with Crippen molar-refractivity contribution < 1.29 is 19.1 Å². The fraction of sp³-hybridized carbons (Fsp3) is 0.471. The van der Waals surface area contributed by atoms with Gasteiger partial charge in [0, 0.05) is 44.1 Å². The zero-order chi connectivity index (χ0) is 28.5. The molecule has 1 aliphatic carbocycles. The molecule has 3 atom stereocenters. The summed E-state index contributed by atoms with van der Waals surface area (Å²) in [5.74, 6) is 0.642. The first-order chi connectivity index (χ1) is 19.2. The van der Waals surface area contributed by atoms with Gasteiger partial charge in [0.05, 0.1) is 5.60 Å². The Morgan fingerprint density at radius 2 is 1.80 bits per heavy atom. The predicted molar refractivity (Wildman–Crippen MR) is 159 cm³/mol. The van der Waals surface area contributed by atoms with Gasteiger partial charge in [-0.1, -0.05) is 56.3 Å². The highest BCUT2D eigenvalue weighted by molar-refractivity contribution is 5.98. The smallest absolute Gasteiger partial charge is 0.308 e. The number of methoxy groups -OCH3 is 1. The molecule has 1 saturated carbocycles. The van der Waals surface area contributed by atoms with Gasteiger partial charge in [-0.3, -0.25) is 9.59 Å². The van der Waals surface area contributed by atoms with Crippen LogP contribution in [0, 0.1) is 5.92 Å². The molecule has 0 spiro atoms. The Morgan fingerprint density at radius 3 is 2.52 bits per heavy atom. The Morgan fingerprint density at radius 1 is 1.02 bits per heavy atom. The third kappa shape index (κ3) is 5.27. The van der Waals surface area contributed by atoms with Crippen LogP contribution in [-0.4, -0.2) is 67.1 Å². The lowest BCUT2D eigenvalue weighted by Crippen LogP contribution is -2.67. The van der Waals surface area contributed by atoms with Gasteiger partial charge in [-0.2, -0.15) is 0 Å². The van der Waals surface area contributed by atoms with Gasteiger partial charge in [-0.25, -0.2) is 0 Å². The lowest BCUT2D eigenvalue weighted by atomic mass is 9.55. The van der Waals surface area contributed by atoms with E-state index in [1.165, 1.54) is 6.92 Å². The molecule has 0 unspecified atom stereocenters. The number of rotatable bonds is 7. The lowest BCUT2D eigenvalue weighted by Gasteiger charge is -2.60. The molecule has 2 fully saturated rings. The van der Waals surface area contributed by atoms with Gasteiger partial charge >= 0.3 is 5.97 Å². The third-order valence-corrected chi connectivity index (χ3v) is 9.08. The standard InChI is InChI=1S/C34H42N2O4/c1-24(2)22-36(32(38)28-14-13-26-9-6-7-10-27(26)19-28)30-15-16-34(39-5)23-35(4)18-17-33(34,21-30)29-11-8-12-31(20-29)40-25(3)37/h6-14,19-20,24,30H,15-18,21-23H2,1-5H3/t30-,33+,34+/m1/s1. The third-order valence-electron chi connectivity index (χ3n) is 9.08. The summed E-state index contributed by atoms with van der Waals surface area (Å²) in [7, 11) is 3.98. The first-order valence-corrected chi connectivity index (χ1v) is 14.5. The van der Waals surface area contributed by atoms with Gasteiger partial charge < -0.3 is 19.3 Å². The van der Waals surface area contributed by atoms with Crippen LogP contribution in [0.4, 0.5) is 0 Å². The second-order valence-corrected chi connectivity index (χ2v) is 12.2. The zero-order valence-corrected chi connectivity index (χ0v) is 24.5. The number of ether oxygens (including phenoxy) is 2. The average molecular weight is 543 g/mol. The Bertz CT molecular complexity index is 1390. The van der Waals surface area contributed by atoms with Crippen LogP contribution in [0.15, 0.2) is 66.7 Å². The van der Waals surface area contributed by atoms with Crippen molar-refractivity contribution in [2.75, 3.05) is 33.8 Å². The van der Waals surface area contributed by atoms with Gasteiger partial charge in [0.1, 0.15) is 5.75 Å². The highest BCUT2D eigenvalue weighted by Crippen LogP contribution is 2.54. The van der Waals surface area contributed by atoms with Crippen LogP contribution < -0.4 is 4.74 Å². The molecule has 212 valence electrons. The number of hydrogen-bond donors (Lipinski definition) is 0. The maximum atomic E-state index is 14.2. The van der Waals surface area contributed by atoms with E-state index in [4.69, 9.17) is 9.47 Å². The molecule has 1 aliphatic heterocycles. The molecule has 6 heteroatoms. The number of carbonyl (C=O) groups excluding carboxylic acids is 2. The molecule has 0 aromatic heterocycles. The SMILES string of the molecule is CO[C@]12CC[C@@H](N(CC(C)C)C(=O)c3ccc4ccccc4c3)C[C@]1(c1cccc(OC(C)=O)c1)CCN(C)C2. The number of fused-ring (bicyclic) bond motifs is 2. The van der Waals surface area contributed by atoms with Crippen molar-refractivity contribution in [1.82, 2.24) is 9.80 Å². The largest absolute Gasteiger partial charge is 0.427 e. The molecule has 0 bridgehead atoms. The number of carbonyl (C=O) groups is 2. The van der Waals surface area contributed by atoms with E-state index in [9.17, 15) is 9.59 Å². The van der Waals surface area contributed by atoms with Crippen molar-refractivity contribution in [3.05, 3.63) is 77.9 Å². The van der Waals surface area contributed by atoms with Crippen molar-refractivity contribution in [3.63, 3.8) is 0 Å². The molecule has 6 nitrogen and oxygen atoms in total. The number of likely N-dealkylation sites (N-methyl/N-ethyl adjacent to an activating group) is 1. The van der Waals surface area contributed by atoms with E-state index < -0.39 is 5.60 Å². The van der Waals surface area contributed by atoms with E-state index in [1.807, 2.05) is 55.6 Å². The minimum Gasteiger partial charge on any atom is -0.427 e. The van der Waals surface area contributed by atoms with Crippen LogP contribution in [0.2, 0.25) is 0 Å². The topological polar surface area (TPSA) is 59.1 Å².